The van der Waals surface area contributed by atoms with Gasteiger partial charge in [-0.25, -0.2) is 0 Å². The number of nitrogens with two attached hydrogens (primary N) is 1. The van der Waals surface area contributed by atoms with Gasteiger partial charge in [0.25, 0.3) is 0 Å². The van der Waals surface area contributed by atoms with E-state index in [0.29, 0.717) is 18.0 Å². The number of hydrogen-bond acceptors (Lipinski definition) is 5. The van der Waals surface area contributed by atoms with Crippen molar-refractivity contribution in [2.24, 2.45) is 5.73 Å². The second-order valence-electron chi connectivity index (χ2n) is 4.45. The highest BCUT2D eigenvalue weighted by Crippen LogP contribution is 2.25. The Bertz CT molecular complexity index is 449. The predicted molar refractivity (Wildman–Crippen MR) is 75.7 cm³/mol. The summed E-state index contributed by atoms with van der Waals surface area (Å²) in [6.07, 6.45) is 0. The minimum absolute atomic E-state index is 0.114. The van der Waals surface area contributed by atoms with E-state index in [9.17, 15) is 4.79 Å². The maximum absolute atomic E-state index is 12.0. The Morgan fingerprint density at radius 1 is 1.40 bits per heavy atom. The molecule has 0 saturated heterocycles. The van der Waals surface area contributed by atoms with Crippen LogP contribution in [-0.4, -0.2) is 49.3 Å². The lowest BCUT2D eigenvalue weighted by Crippen LogP contribution is -2.43. The second-order valence-corrected chi connectivity index (χ2v) is 4.45. The van der Waals surface area contributed by atoms with Gasteiger partial charge in [-0.3, -0.25) is 4.79 Å². The minimum atomic E-state index is -0.606. The Labute approximate surface area is 119 Å². The number of aliphatic hydroxyl groups excluding tert-OH is 1. The Hall–Kier alpha value is -1.79. The molecule has 0 aliphatic carbocycles. The highest BCUT2D eigenvalue weighted by molar-refractivity contribution is 5.81. The van der Waals surface area contributed by atoms with Crippen LogP contribution < -0.4 is 15.2 Å². The molecule has 0 aromatic heterocycles. The fourth-order valence-electron chi connectivity index (χ4n) is 1.86. The number of aliphatic hydroxyl groups is 1. The van der Waals surface area contributed by atoms with Crippen molar-refractivity contribution in [2.75, 3.05) is 27.4 Å². The van der Waals surface area contributed by atoms with E-state index < -0.39 is 6.04 Å². The first-order valence-electron chi connectivity index (χ1n) is 6.39. The molecular formula is C14H22N2O4. The number of amides is 1. The summed E-state index contributed by atoms with van der Waals surface area (Å²) in [4.78, 5) is 13.5. The lowest BCUT2D eigenvalue weighted by molar-refractivity contribution is -0.133. The Morgan fingerprint density at radius 2 is 2.10 bits per heavy atom. The average Bonchev–Trinajstić information content (AvgIpc) is 2.46. The van der Waals surface area contributed by atoms with Gasteiger partial charge in [-0.05, 0) is 19.1 Å². The zero-order chi connectivity index (χ0) is 15.1. The summed E-state index contributed by atoms with van der Waals surface area (Å²) in [5.74, 6) is 1.10. The molecule has 0 spiro atoms. The SMILES string of the molecule is COc1ccc(CN(CCO)C(=O)C(C)N)c(OC)c1. The zero-order valence-corrected chi connectivity index (χ0v) is 12.1. The van der Waals surface area contributed by atoms with Gasteiger partial charge in [0, 0.05) is 24.7 Å². The van der Waals surface area contributed by atoms with Gasteiger partial charge < -0.3 is 25.2 Å². The predicted octanol–water partition coefficient (Wildman–Crippen LogP) is 0.372. The molecule has 1 aromatic carbocycles. The van der Waals surface area contributed by atoms with Crippen LogP contribution in [0.4, 0.5) is 0 Å². The summed E-state index contributed by atoms with van der Waals surface area (Å²) in [5, 5.41) is 9.07. The van der Waals surface area contributed by atoms with Crippen LogP contribution in [0, 0.1) is 0 Å². The number of rotatable bonds is 7. The maximum Gasteiger partial charge on any atom is 0.239 e. The molecule has 0 aliphatic heterocycles. The van der Waals surface area contributed by atoms with Crippen molar-refractivity contribution in [3.63, 3.8) is 0 Å². The van der Waals surface area contributed by atoms with Crippen LogP contribution in [0.1, 0.15) is 12.5 Å². The quantitative estimate of drug-likeness (QED) is 0.755. The van der Waals surface area contributed by atoms with E-state index in [1.54, 1.807) is 33.3 Å². The fourth-order valence-corrected chi connectivity index (χ4v) is 1.86. The number of carbonyl (C=O) groups excluding carboxylic acids is 1. The second kappa shape index (κ2) is 7.72. The summed E-state index contributed by atoms with van der Waals surface area (Å²) < 4.78 is 10.4. The molecule has 1 unspecified atom stereocenters. The number of hydrogen-bond donors (Lipinski definition) is 2. The summed E-state index contributed by atoms with van der Waals surface area (Å²) in [6, 6.07) is 4.77. The lowest BCUT2D eigenvalue weighted by Gasteiger charge is -2.24. The topological polar surface area (TPSA) is 85.0 Å². The van der Waals surface area contributed by atoms with E-state index in [0.717, 1.165) is 5.56 Å². The van der Waals surface area contributed by atoms with Gasteiger partial charge in [0.1, 0.15) is 11.5 Å². The van der Waals surface area contributed by atoms with Crippen LogP contribution >= 0.6 is 0 Å². The van der Waals surface area contributed by atoms with Gasteiger partial charge in [-0.2, -0.15) is 0 Å². The van der Waals surface area contributed by atoms with Crippen molar-refractivity contribution < 1.29 is 19.4 Å². The summed E-state index contributed by atoms with van der Waals surface area (Å²) in [5.41, 5.74) is 6.44. The molecule has 1 atom stereocenters. The number of benzene rings is 1. The Kier molecular flexibility index (Phi) is 6.27. The third kappa shape index (κ3) is 4.11. The van der Waals surface area contributed by atoms with Crippen LogP contribution in [0.2, 0.25) is 0 Å². The average molecular weight is 282 g/mol. The molecule has 20 heavy (non-hydrogen) atoms. The molecule has 0 fully saturated rings. The molecule has 0 bridgehead atoms. The third-order valence-corrected chi connectivity index (χ3v) is 2.93. The van der Waals surface area contributed by atoms with Crippen LogP contribution in [0.15, 0.2) is 18.2 Å². The van der Waals surface area contributed by atoms with Gasteiger partial charge in [-0.15, -0.1) is 0 Å². The molecule has 6 heteroatoms. The first kappa shape index (κ1) is 16.3. The summed E-state index contributed by atoms with van der Waals surface area (Å²) in [6.45, 7) is 2.07. The van der Waals surface area contributed by atoms with E-state index in [1.165, 1.54) is 4.90 Å². The van der Waals surface area contributed by atoms with Crippen molar-refractivity contribution in [1.29, 1.82) is 0 Å². The molecule has 0 heterocycles. The smallest absolute Gasteiger partial charge is 0.239 e. The van der Waals surface area contributed by atoms with Crippen LogP contribution in [0.3, 0.4) is 0 Å². The Morgan fingerprint density at radius 3 is 2.60 bits per heavy atom. The number of nitrogens with zero attached hydrogens (tertiary/aromatic N) is 1. The van der Waals surface area contributed by atoms with Gasteiger partial charge in [0.2, 0.25) is 5.91 Å². The number of methoxy groups -OCH3 is 2. The van der Waals surface area contributed by atoms with Crippen molar-refractivity contribution in [3.8, 4) is 11.5 Å². The van der Waals surface area contributed by atoms with E-state index in [1.807, 2.05) is 6.07 Å². The first-order chi connectivity index (χ1) is 9.53. The number of ether oxygens (including phenoxy) is 2. The molecular weight excluding hydrogens is 260 g/mol. The monoisotopic (exact) mass is 282 g/mol. The van der Waals surface area contributed by atoms with Gasteiger partial charge in [-0.1, -0.05) is 0 Å². The largest absolute Gasteiger partial charge is 0.497 e. The molecule has 1 aromatic rings. The maximum atomic E-state index is 12.0. The molecule has 1 rings (SSSR count). The summed E-state index contributed by atoms with van der Waals surface area (Å²) in [7, 11) is 3.13. The molecule has 0 aliphatic rings. The third-order valence-electron chi connectivity index (χ3n) is 2.93. The van der Waals surface area contributed by atoms with Crippen molar-refractivity contribution in [1.82, 2.24) is 4.90 Å². The highest BCUT2D eigenvalue weighted by Gasteiger charge is 2.19. The number of carbonyl (C=O) groups is 1. The van der Waals surface area contributed by atoms with Crippen LogP contribution in [0.25, 0.3) is 0 Å². The van der Waals surface area contributed by atoms with Gasteiger partial charge in [0.15, 0.2) is 0 Å². The lowest BCUT2D eigenvalue weighted by atomic mass is 10.1. The summed E-state index contributed by atoms with van der Waals surface area (Å²) >= 11 is 0. The standard InChI is InChI=1S/C14H22N2O4/c1-10(15)14(18)16(6-7-17)9-11-4-5-12(19-2)8-13(11)20-3/h4-5,8,10,17H,6-7,9,15H2,1-3H3. The van der Waals surface area contributed by atoms with Gasteiger partial charge in [0.05, 0.1) is 26.9 Å². The molecule has 3 N–H and O–H groups in total. The van der Waals surface area contributed by atoms with Crippen molar-refractivity contribution >= 4 is 5.91 Å². The zero-order valence-electron chi connectivity index (χ0n) is 12.1. The van der Waals surface area contributed by atoms with Crippen LogP contribution in [0.5, 0.6) is 11.5 Å². The van der Waals surface area contributed by atoms with E-state index in [2.05, 4.69) is 0 Å². The molecule has 1 amide bonds. The van der Waals surface area contributed by atoms with Crippen LogP contribution in [-0.2, 0) is 11.3 Å². The Balaban J connectivity index is 2.95. The normalized spacial score (nSPS) is 11.8. The first-order valence-corrected chi connectivity index (χ1v) is 6.39. The van der Waals surface area contributed by atoms with Gasteiger partial charge >= 0.3 is 0 Å². The van der Waals surface area contributed by atoms with E-state index in [-0.39, 0.29) is 19.1 Å². The molecule has 0 radical (unpaired) electrons. The molecule has 0 saturated carbocycles. The fraction of sp³-hybridized carbons (Fsp3) is 0.500. The van der Waals surface area contributed by atoms with Crippen molar-refractivity contribution in [2.45, 2.75) is 19.5 Å². The molecule has 6 nitrogen and oxygen atoms in total. The van der Waals surface area contributed by atoms with E-state index >= 15 is 0 Å². The van der Waals surface area contributed by atoms with Crippen molar-refractivity contribution in [3.05, 3.63) is 23.8 Å². The highest BCUT2D eigenvalue weighted by atomic mass is 16.5. The molecule has 112 valence electrons. The minimum Gasteiger partial charge on any atom is -0.497 e. The van der Waals surface area contributed by atoms with E-state index in [4.69, 9.17) is 20.3 Å².